The van der Waals surface area contributed by atoms with Gasteiger partial charge >= 0.3 is 48.9 Å². The maximum atomic E-state index is 11.4. The van der Waals surface area contributed by atoms with Gasteiger partial charge in [0, 0.05) is 45.8 Å². The van der Waals surface area contributed by atoms with Gasteiger partial charge in [0.2, 0.25) is 0 Å². The number of aryl methyl sites for hydroxylation is 2. The fraction of sp³-hybridized carbons (Fsp3) is 0.0588. The van der Waals surface area contributed by atoms with Crippen LogP contribution in [0.4, 0.5) is 34.1 Å². The Morgan fingerprint density at radius 1 is 0.527 bits per heavy atom. The second kappa shape index (κ2) is 17.1. The topological polar surface area (TPSA) is 291 Å². The van der Waals surface area contributed by atoms with Crippen molar-refractivity contribution in [3.8, 4) is 11.5 Å². The summed E-state index contributed by atoms with van der Waals surface area (Å²) >= 11 is 0. The number of nitrogens with zero attached hydrogens (tertiary/aromatic N) is 6. The van der Waals surface area contributed by atoms with Crippen LogP contribution in [-0.2, 0) is 20.2 Å². The molecule has 0 unspecified atom stereocenters. The van der Waals surface area contributed by atoms with Crippen LogP contribution < -0.4 is 0 Å². The monoisotopic (exact) mass is 910 g/mol. The summed E-state index contributed by atoms with van der Waals surface area (Å²) in [6.07, 6.45) is 0. The average molecular weight is 910 g/mol. The molecule has 276 valence electrons. The Labute approximate surface area is 351 Å². The quantitative estimate of drug-likeness (QED) is 0.0486. The first-order valence-corrected chi connectivity index (χ1v) is 17.9. The number of rotatable bonds is 8. The van der Waals surface area contributed by atoms with Gasteiger partial charge in [0.15, 0.2) is 0 Å². The molecule has 0 heterocycles. The van der Waals surface area contributed by atoms with Crippen LogP contribution in [0.3, 0.4) is 0 Å². The van der Waals surface area contributed by atoms with Gasteiger partial charge in [0.1, 0.15) is 43.1 Å². The number of fused-ring (bicyclic) bond motifs is 2. The van der Waals surface area contributed by atoms with Gasteiger partial charge in [-0.1, -0.05) is 36.4 Å². The van der Waals surface area contributed by atoms with E-state index in [9.17, 15) is 56.4 Å². The molecular weight excluding hydrogens is 886 g/mol. The van der Waals surface area contributed by atoms with Crippen molar-refractivity contribution in [2.75, 3.05) is 0 Å². The standard InChI is InChI=1S/2C17H13N3O6S.Ba/c2*1-10-5-6-11(20(22)23)9-14(10)18-19-17-13-3-2-4-16(27(24,25)26)12(13)7-8-15(17)21;/h2*2-9,21H,1H3,(H,24,25,26);/q;;+2/p-2. The van der Waals surface area contributed by atoms with Crippen LogP contribution in [0.15, 0.2) is 127 Å². The first-order chi connectivity index (χ1) is 25.4. The number of non-ortho nitro benzene ring substituents is 2. The molecule has 0 aliphatic rings. The fourth-order valence-corrected chi connectivity index (χ4v) is 6.48. The molecule has 0 bridgehead atoms. The summed E-state index contributed by atoms with van der Waals surface area (Å²) in [5, 5.41) is 58.4. The molecule has 6 aromatic carbocycles. The number of nitro benzene ring substituents is 2. The first kappa shape index (κ1) is 42.6. The van der Waals surface area contributed by atoms with Crippen molar-refractivity contribution in [2.45, 2.75) is 23.6 Å². The van der Waals surface area contributed by atoms with E-state index in [0.29, 0.717) is 11.1 Å². The van der Waals surface area contributed by atoms with E-state index in [-0.39, 0.29) is 116 Å². The molecule has 0 spiro atoms. The molecule has 21 heteroatoms. The summed E-state index contributed by atoms with van der Waals surface area (Å²) in [4.78, 5) is 19.8. The first-order valence-electron chi connectivity index (χ1n) is 15.1. The largest absolute Gasteiger partial charge is 2.00 e. The number of benzene rings is 6. The van der Waals surface area contributed by atoms with Crippen molar-refractivity contribution < 1.29 is 46.0 Å². The van der Waals surface area contributed by atoms with Crippen LogP contribution >= 0.6 is 0 Å². The van der Waals surface area contributed by atoms with E-state index in [0.717, 1.165) is 12.1 Å². The molecule has 0 aromatic heterocycles. The van der Waals surface area contributed by atoms with Crippen molar-refractivity contribution in [2.24, 2.45) is 20.5 Å². The predicted molar refractivity (Wildman–Crippen MR) is 197 cm³/mol. The number of azo groups is 2. The molecule has 2 N–H and O–H groups in total. The Kier molecular flexibility index (Phi) is 13.2. The summed E-state index contributed by atoms with van der Waals surface area (Å²) in [6.45, 7) is 3.37. The zero-order chi connectivity index (χ0) is 39.5. The molecule has 0 saturated heterocycles. The summed E-state index contributed by atoms with van der Waals surface area (Å²) in [6, 6.07) is 21.1. The minimum atomic E-state index is -4.73. The van der Waals surface area contributed by atoms with Crippen LogP contribution in [0.25, 0.3) is 21.5 Å². The number of aromatic hydroxyl groups is 2. The van der Waals surface area contributed by atoms with E-state index >= 15 is 0 Å². The summed E-state index contributed by atoms with van der Waals surface area (Å²) in [5.74, 6) is -0.565. The number of phenols is 2. The third-order valence-electron chi connectivity index (χ3n) is 7.80. The predicted octanol–water partition coefficient (Wildman–Crippen LogP) is 7.78. The summed E-state index contributed by atoms with van der Waals surface area (Å²) in [7, 11) is -9.45. The molecule has 55 heavy (non-hydrogen) atoms. The molecule has 0 saturated carbocycles. The number of nitro groups is 2. The Hall–Kier alpha value is -5.17. The van der Waals surface area contributed by atoms with Gasteiger partial charge in [0.25, 0.3) is 11.4 Å². The van der Waals surface area contributed by atoms with E-state index in [1.807, 2.05) is 0 Å². The molecule has 18 nitrogen and oxygen atoms in total. The van der Waals surface area contributed by atoms with Crippen molar-refractivity contribution in [1.29, 1.82) is 0 Å². The number of phenolic OH excluding ortho intramolecular Hbond substituents is 2. The van der Waals surface area contributed by atoms with Crippen molar-refractivity contribution in [3.05, 3.63) is 128 Å². The third kappa shape index (κ3) is 9.75. The van der Waals surface area contributed by atoms with Gasteiger partial charge in [-0.2, -0.15) is 0 Å². The van der Waals surface area contributed by atoms with Crippen LogP contribution in [-0.4, -0.2) is 94.9 Å². The van der Waals surface area contributed by atoms with Crippen molar-refractivity contribution in [1.82, 2.24) is 0 Å². The Bertz CT molecular complexity index is 2610. The average Bonchev–Trinajstić information content (AvgIpc) is 3.10. The molecule has 0 amide bonds. The molecule has 0 fully saturated rings. The molecule has 0 aliphatic carbocycles. The van der Waals surface area contributed by atoms with Gasteiger partial charge in [0.05, 0.1) is 31.0 Å². The van der Waals surface area contributed by atoms with Crippen molar-refractivity contribution in [3.63, 3.8) is 0 Å². The maximum Gasteiger partial charge on any atom is 2.00 e. The molecule has 0 atom stereocenters. The fourth-order valence-electron chi connectivity index (χ4n) is 5.10. The van der Waals surface area contributed by atoms with Crippen molar-refractivity contribution >= 4 is 125 Å². The zero-order valence-corrected chi connectivity index (χ0v) is 34.5. The Morgan fingerprint density at radius 2 is 0.891 bits per heavy atom. The molecular formula is C34H24BaN6O12S2. The second-order valence-corrected chi connectivity index (χ2v) is 14.0. The van der Waals surface area contributed by atoms with Gasteiger partial charge in [-0.05, 0) is 61.4 Å². The van der Waals surface area contributed by atoms with Crippen LogP contribution in [0.2, 0.25) is 0 Å². The van der Waals surface area contributed by atoms with Gasteiger partial charge < -0.3 is 19.3 Å². The van der Waals surface area contributed by atoms with E-state index in [1.54, 1.807) is 13.8 Å². The molecule has 0 radical (unpaired) electrons. The Balaban J connectivity index is 0.000000240. The molecule has 0 aliphatic heterocycles. The molecule has 6 rings (SSSR count). The van der Waals surface area contributed by atoms with E-state index < -0.39 is 39.9 Å². The van der Waals surface area contributed by atoms with Crippen LogP contribution in [0.5, 0.6) is 11.5 Å². The second-order valence-electron chi connectivity index (χ2n) is 11.3. The van der Waals surface area contributed by atoms with E-state index in [4.69, 9.17) is 0 Å². The van der Waals surface area contributed by atoms with Crippen LogP contribution in [0, 0.1) is 34.1 Å². The number of hydrogen-bond donors (Lipinski definition) is 2. The van der Waals surface area contributed by atoms with Gasteiger partial charge in [-0.3, -0.25) is 20.2 Å². The van der Waals surface area contributed by atoms with E-state index in [2.05, 4.69) is 20.5 Å². The van der Waals surface area contributed by atoms with Gasteiger partial charge in [-0.15, -0.1) is 20.5 Å². The van der Waals surface area contributed by atoms with E-state index in [1.165, 1.54) is 84.9 Å². The molecule has 6 aromatic rings. The smallest absolute Gasteiger partial charge is 0.744 e. The van der Waals surface area contributed by atoms with Gasteiger partial charge in [-0.25, -0.2) is 16.8 Å². The maximum absolute atomic E-state index is 11.4. The Morgan fingerprint density at radius 3 is 1.22 bits per heavy atom. The minimum Gasteiger partial charge on any atom is -0.744 e. The SMILES string of the molecule is Cc1ccc([N+](=O)[O-])cc1N=Nc1c(O)ccc2c(S(=O)(=O)[O-])cccc12.Cc1ccc([N+](=O)[O-])cc1N=Nc1c(O)ccc2c(S(=O)(=O)[O-])cccc12.[Ba+2]. The summed E-state index contributed by atoms with van der Waals surface area (Å²) < 4.78 is 68.6. The number of hydrogen-bond acceptors (Lipinski definition) is 16. The van der Waals surface area contributed by atoms with Crippen LogP contribution in [0.1, 0.15) is 11.1 Å². The third-order valence-corrected chi connectivity index (χ3v) is 9.59. The minimum absolute atomic E-state index is 0. The zero-order valence-electron chi connectivity index (χ0n) is 28.4. The summed E-state index contributed by atoms with van der Waals surface area (Å²) in [5.41, 5.74) is 1.22. The normalized spacial score (nSPS) is 11.7.